The molecule has 1 heterocycles. The van der Waals surface area contributed by atoms with Crippen molar-refractivity contribution >= 4 is 35.8 Å². The van der Waals surface area contributed by atoms with Crippen molar-refractivity contribution in [1.29, 1.82) is 0 Å². The lowest BCUT2D eigenvalue weighted by Crippen LogP contribution is -2.46. The number of nitrogens with one attached hydrogen (secondary N) is 3. The summed E-state index contributed by atoms with van der Waals surface area (Å²) in [4.78, 5) is 16.4. The summed E-state index contributed by atoms with van der Waals surface area (Å²) in [6.45, 7) is 2.01. The molecule has 0 aliphatic heterocycles. The molecule has 0 aromatic carbocycles. The number of amides is 1. The number of rotatable bonds is 8. The third kappa shape index (κ3) is 7.55. The number of carbonyl (C=O) groups excluding carboxylic acids is 1. The summed E-state index contributed by atoms with van der Waals surface area (Å²) in [6, 6.07) is 4.38. The van der Waals surface area contributed by atoms with Gasteiger partial charge < -0.3 is 20.4 Å². The van der Waals surface area contributed by atoms with Crippen molar-refractivity contribution in [3.8, 4) is 0 Å². The van der Waals surface area contributed by atoms with Crippen LogP contribution in [0.4, 0.5) is 0 Å². The average Bonchev–Trinajstić information content (AvgIpc) is 3.36. The zero-order valence-corrected chi connectivity index (χ0v) is 17.7. The zero-order valence-electron chi connectivity index (χ0n) is 15.3. The summed E-state index contributed by atoms with van der Waals surface area (Å²) >= 11 is 0. The van der Waals surface area contributed by atoms with Gasteiger partial charge in [-0.1, -0.05) is 19.3 Å². The first kappa shape index (κ1) is 21.1. The Bertz CT molecular complexity index is 552. The SMILES string of the molecule is I.O=C(NCCNC(=NCCc1ccco1)NC1CCCCC1)C1CC1. The van der Waals surface area contributed by atoms with Gasteiger partial charge >= 0.3 is 0 Å². The van der Waals surface area contributed by atoms with Crippen LogP contribution in [0.2, 0.25) is 0 Å². The molecule has 3 N–H and O–H groups in total. The van der Waals surface area contributed by atoms with Crippen LogP contribution in [0, 0.1) is 5.92 Å². The van der Waals surface area contributed by atoms with Gasteiger partial charge in [-0.25, -0.2) is 0 Å². The van der Waals surface area contributed by atoms with Crippen LogP contribution in [0.25, 0.3) is 0 Å². The number of nitrogens with zero attached hydrogens (tertiary/aromatic N) is 1. The Labute approximate surface area is 173 Å². The van der Waals surface area contributed by atoms with Gasteiger partial charge in [0, 0.05) is 38.0 Å². The zero-order chi connectivity index (χ0) is 17.3. The second-order valence-electron chi connectivity index (χ2n) is 7.03. The maximum absolute atomic E-state index is 11.7. The van der Waals surface area contributed by atoms with E-state index in [0.717, 1.165) is 31.0 Å². The fourth-order valence-corrected chi connectivity index (χ4v) is 3.18. The van der Waals surface area contributed by atoms with Crippen LogP contribution in [0.15, 0.2) is 27.8 Å². The fourth-order valence-electron chi connectivity index (χ4n) is 3.18. The number of carbonyl (C=O) groups is 1. The highest BCUT2D eigenvalue weighted by molar-refractivity contribution is 14.0. The van der Waals surface area contributed by atoms with Crippen molar-refractivity contribution in [3.63, 3.8) is 0 Å². The summed E-state index contributed by atoms with van der Waals surface area (Å²) in [5.41, 5.74) is 0. The highest BCUT2D eigenvalue weighted by atomic mass is 127. The normalized spacial score (nSPS) is 18.1. The predicted molar refractivity (Wildman–Crippen MR) is 114 cm³/mol. The summed E-state index contributed by atoms with van der Waals surface area (Å²) in [5, 5.41) is 9.89. The molecule has 0 unspecified atom stereocenters. The van der Waals surface area contributed by atoms with E-state index in [2.05, 4.69) is 20.9 Å². The summed E-state index contributed by atoms with van der Waals surface area (Å²) in [7, 11) is 0. The molecule has 0 radical (unpaired) electrons. The van der Waals surface area contributed by atoms with Crippen molar-refractivity contribution in [3.05, 3.63) is 24.2 Å². The lowest BCUT2D eigenvalue weighted by molar-refractivity contribution is -0.122. The minimum Gasteiger partial charge on any atom is -0.469 e. The van der Waals surface area contributed by atoms with Crippen LogP contribution in [0.3, 0.4) is 0 Å². The molecule has 7 heteroatoms. The molecular weight excluding hydrogens is 443 g/mol. The van der Waals surface area contributed by atoms with Crippen LogP contribution in [-0.2, 0) is 11.2 Å². The molecule has 2 fully saturated rings. The van der Waals surface area contributed by atoms with E-state index in [1.165, 1.54) is 32.1 Å². The van der Waals surface area contributed by atoms with Gasteiger partial charge in [-0.05, 0) is 37.8 Å². The van der Waals surface area contributed by atoms with E-state index < -0.39 is 0 Å². The summed E-state index contributed by atoms with van der Waals surface area (Å²) in [5.74, 6) is 2.26. The highest BCUT2D eigenvalue weighted by Crippen LogP contribution is 2.28. The number of furan rings is 1. The molecule has 0 bridgehead atoms. The standard InChI is InChI=1S/C19H30N4O2.HI/c24-18(15-8-9-15)20-12-13-22-19(23-16-5-2-1-3-6-16)21-11-10-17-7-4-14-25-17;/h4,7,14-16H,1-3,5-6,8-13H2,(H,20,24)(H2,21,22,23);1H. The molecule has 2 saturated carbocycles. The second-order valence-corrected chi connectivity index (χ2v) is 7.03. The van der Waals surface area contributed by atoms with Crippen molar-refractivity contribution in [2.75, 3.05) is 19.6 Å². The molecular formula is C19H31IN4O2. The van der Waals surface area contributed by atoms with Gasteiger partial charge in [0.15, 0.2) is 5.96 Å². The molecule has 1 amide bonds. The number of guanidine groups is 1. The lowest BCUT2D eigenvalue weighted by atomic mass is 9.96. The molecule has 2 aliphatic rings. The monoisotopic (exact) mass is 474 g/mol. The maximum atomic E-state index is 11.7. The fraction of sp³-hybridized carbons (Fsp3) is 0.684. The summed E-state index contributed by atoms with van der Waals surface area (Å²) < 4.78 is 5.36. The van der Waals surface area contributed by atoms with E-state index >= 15 is 0 Å². The molecule has 146 valence electrons. The molecule has 1 aromatic heterocycles. The van der Waals surface area contributed by atoms with Gasteiger partial charge in [-0.15, -0.1) is 24.0 Å². The van der Waals surface area contributed by atoms with Crippen molar-refractivity contribution in [2.45, 2.75) is 57.4 Å². The van der Waals surface area contributed by atoms with E-state index in [-0.39, 0.29) is 35.8 Å². The molecule has 26 heavy (non-hydrogen) atoms. The summed E-state index contributed by atoms with van der Waals surface area (Å²) in [6.07, 6.45) is 10.9. The van der Waals surface area contributed by atoms with E-state index in [1.54, 1.807) is 6.26 Å². The second kappa shape index (κ2) is 11.5. The quantitative estimate of drug-likeness (QED) is 0.234. The lowest BCUT2D eigenvalue weighted by Gasteiger charge is -2.25. The number of hydrogen-bond acceptors (Lipinski definition) is 3. The number of halogens is 1. The Morgan fingerprint density at radius 2 is 1.88 bits per heavy atom. The minimum absolute atomic E-state index is 0. The number of hydrogen-bond donors (Lipinski definition) is 3. The van der Waals surface area contributed by atoms with Crippen LogP contribution < -0.4 is 16.0 Å². The topological polar surface area (TPSA) is 78.7 Å². The molecule has 3 rings (SSSR count). The Morgan fingerprint density at radius 1 is 1.12 bits per heavy atom. The molecule has 6 nitrogen and oxygen atoms in total. The third-order valence-corrected chi connectivity index (χ3v) is 4.82. The molecule has 0 atom stereocenters. The average molecular weight is 474 g/mol. The van der Waals surface area contributed by atoms with Gasteiger partial charge in [-0.2, -0.15) is 0 Å². The predicted octanol–water partition coefficient (Wildman–Crippen LogP) is 2.83. The van der Waals surface area contributed by atoms with Crippen molar-refractivity contribution < 1.29 is 9.21 Å². The molecule has 0 spiro atoms. The van der Waals surface area contributed by atoms with E-state index in [0.29, 0.717) is 25.7 Å². The van der Waals surface area contributed by atoms with Gasteiger partial charge in [-0.3, -0.25) is 9.79 Å². The molecule has 0 saturated heterocycles. The van der Waals surface area contributed by atoms with Gasteiger partial charge in [0.1, 0.15) is 5.76 Å². The van der Waals surface area contributed by atoms with Crippen LogP contribution in [0.5, 0.6) is 0 Å². The van der Waals surface area contributed by atoms with Crippen molar-refractivity contribution in [1.82, 2.24) is 16.0 Å². The first-order valence-corrected chi connectivity index (χ1v) is 9.66. The highest BCUT2D eigenvalue weighted by Gasteiger charge is 2.29. The smallest absolute Gasteiger partial charge is 0.223 e. The first-order chi connectivity index (χ1) is 12.3. The Hall–Kier alpha value is -1.25. The maximum Gasteiger partial charge on any atom is 0.223 e. The van der Waals surface area contributed by atoms with Gasteiger partial charge in [0.25, 0.3) is 0 Å². The Balaban J connectivity index is 0.00000243. The third-order valence-electron chi connectivity index (χ3n) is 4.82. The Kier molecular flexibility index (Phi) is 9.28. The van der Waals surface area contributed by atoms with Gasteiger partial charge in [0.2, 0.25) is 5.91 Å². The molecule has 2 aliphatic carbocycles. The first-order valence-electron chi connectivity index (χ1n) is 9.66. The van der Waals surface area contributed by atoms with Crippen LogP contribution in [0.1, 0.15) is 50.7 Å². The van der Waals surface area contributed by atoms with Crippen LogP contribution >= 0.6 is 24.0 Å². The van der Waals surface area contributed by atoms with E-state index in [1.807, 2.05) is 12.1 Å². The number of aliphatic imine (C=N–C) groups is 1. The minimum atomic E-state index is 0. The van der Waals surface area contributed by atoms with Crippen molar-refractivity contribution in [2.24, 2.45) is 10.9 Å². The van der Waals surface area contributed by atoms with E-state index in [4.69, 9.17) is 4.42 Å². The van der Waals surface area contributed by atoms with Gasteiger partial charge in [0.05, 0.1) is 6.26 Å². The Morgan fingerprint density at radius 3 is 2.58 bits per heavy atom. The largest absolute Gasteiger partial charge is 0.469 e. The van der Waals surface area contributed by atoms with Crippen LogP contribution in [-0.4, -0.2) is 37.5 Å². The van der Waals surface area contributed by atoms with E-state index in [9.17, 15) is 4.79 Å². The molecule has 1 aromatic rings.